The molecule has 0 atom stereocenters. The summed E-state index contributed by atoms with van der Waals surface area (Å²) in [7, 11) is 1.86. The molecule has 1 heterocycles. The lowest BCUT2D eigenvalue weighted by molar-refractivity contribution is 0.0152. The lowest BCUT2D eigenvalue weighted by atomic mass is 10.0. The molecule has 5 nitrogen and oxygen atoms in total. The van der Waals surface area contributed by atoms with E-state index < -0.39 is 5.60 Å². The highest BCUT2D eigenvalue weighted by atomic mass is 16.6. The predicted molar refractivity (Wildman–Crippen MR) is 86.4 cm³/mol. The van der Waals surface area contributed by atoms with E-state index >= 15 is 0 Å². The van der Waals surface area contributed by atoms with Gasteiger partial charge in [0.05, 0.1) is 0 Å². The Morgan fingerprint density at radius 1 is 1.24 bits per heavy atom. The fourth-order valence-corrected chi connectivity index (χ4v) is 2.67. The van der Waals surface area contributed by atoms with E-state index in [1.165, 1.54) is 12.8 Å². The molecule has 0 unspecified atom stereocenters. The summed E-state index contributed by atoms with van der Waals surface area (Å²) in [5, 5.41) is 0. The van der Waals surface area contributed by atoms with Crippen LogP contribution in [-0.2, 0) is 4.74 Å². The van der Waals surface area contributed by atoms with Gasteiger partial charge in [-0.15, -0.1) is 0 Å². The van der Waals surface area contributed by atoms with Crippen molar-refractivity contribution >= 4 is 6.09 Å². The summed E-state index contributed by atoms with van der Waals surface area (Å²) in [6.07, 6.45) is 5.43. The molecular formula is C16H33N3O2. The van der Waals surface area contributed by atoms with Gasteiger partial charge in [-0.3, -0.25) is 0 Å². The molecule has 1 aliphatic rings. The van der Waals surface area contributed by atoms with Gasteiger partial charge < -0.3 is 20.3 Å². The van der Waals surface area contributed by atoms with Gasteiger partial charge in [0.15, 0.2) is 0 Å². The lowest BCUT2D eigenvalue weighted by Crippen LogP contribution is -2.47. The van der Waals surface area contributed by atoms with Crippen LogP contribution in [0.25, 0.3) is 0 Å². The molecule has 0 aromatic heterocycles. The number of piperidine rings is 1. The molecule has 5 heteroatoms. The highest BCUT2D eigenvalue weighted by molar-refractivity contribution is 5.68. The van der Waals surface area contributed by atoms with Crippen molar-refractivity contribution in [1.82, 2.24) is 9.80 Å². The first-order valence-corrected chi connectivity index (χ1v) is 8.21. The molecule has 0 spiro atoms. The zero-order chi connectivity index (χ0) is 15.9. The highest BCUT2D eigenvalue weighted by Crippen LogP contribution is 2.18. The van der Waals surface area contributed by atoms with Crippen molar-refractivity contribution in [2.75, 3.05) is 33.2 Å². The van der Waals surface area contributed by atoms with Gasteiger partial charge >= 0.3 is 6.09 Å². The molecule has 21 heavy (non-hydrogen) atoms. The van der Waals surface area contributed by atoms with Crippen molar-refractivity contribution in [2.24, 2.45) is 5.73 Å². The normalized spacial score (nSPS) is 17.8. The number of unbranched alkanes of at least 4 members (excludes halogenated alkanes) is 2. The lowest BCUT2D eigenvalue weighted by Gasteiger charge is -2.37. The van der Waals surface area contributed by atoms with Crippen molar-refractivity contribution in [2.45, 2.75) is 64.5 Å². The third-order valence-corrected chi connectivity index (χ3v) is 3.96. The zero-order valence-electron chi connectivity index (χ0n) is 14.2. The second kappa shape index (κ2) is 8.59. The minimum atomic E-state index is -0.422. The first-order chi connectivity index (χ1) is 9.83. The fourth-order valence-electron chi connectivity index (χ4n) is 2.67. The Labute approximate surface area is 129 Å². The van der Waals surface area contributed by atoms with E-state index in [1.807, 2.05) is 27.8 Å². The average Bonchev–Trinajstić information content (AvgIpc) is 2.41. The third-order valence-electron chi connectivity index (χ3n) is 3.96. The molecule has 0 aromatic carbocycles. The number of hydrogen-bond donors (Lipinski definition) is 1. The number of hydrogen-bond acceptors (Lipinski definition) is 4. The van der Waals surface area contributed by atoms with Crippen molar-refractivity contribution in [1.29, 1.82) is 0 Å². The summed E-state index contributed by atoms with van der Waals surface area (Å²) in [6.45, 7) is 9.81. The zero-order valence-corrected chi connectivity index (χ0v) is 14.2. The maximum Gasteiger partial charge on any atom is 0.410 e. The molecule has 2 N–H and O–H groups in total. The summed E-state index contributed by atoms with van der Waals surface area (Å²) in [6, 6.07) is 0.306. The standard InChI is InChI=1S/C16H33N3O2/c1-16(2,3)21-15(20)18(4)14-8-12-19(13-9-14)11-7-5-6-10-17/h14H,5-13,17H2,1-4H3. The Kier molecular flexibility index (Phi) is 7.46. The van der Waals surface area contributed by atoms with Gasteiger partial charge in [-0.2, -0.15) is 0 Å². The SMILES string of the molecule is CN(C(=O)OC(C)(C)C)C1CCN(CCCCCN)CC1. The van der Waals surface area contributed by atoms with Crippen LogP contribution in [0.1, 0.15) is 52.9 Å². The van der Waals surface area contributed by atoms with E-state index in [9.17, 15) is 4.79 Å². The Morgan fingerprint density at radius 2 is 1.86 bits per heavy atom. The monoisotopic (exact) mass is 299 g/mol. The fraction of sp³-hybridized carbons (Fsp3) is 0.938. The molecule has 1 rings (SSSR count). The van der Waals surface area contributed by atoms with Crippen LogP contribution < -0.4 is 5.73 Å². The molecule has 1 saturated heterocycles. The number of carbonyl (C=O) groups excluding carboxylic acids is 1. The van der Waals surface area contributed by atoms with Crippen molar-refractivity contribution in [3.63, 3.8) is 0 Å². The second-order valence-corrected chi connectivity index (χ2v) is 7.01. The molecule has 0 aromatic rings. The number of amides is 1. The largest absolute Gasteiger partial charge is 0.444 e. The number of nitrogens with zero attached hydrogens (tertiary/aromatic N) is 2. The van der Waals surface area contributed by atoms with Gasteiger partial charge in [0.25, 0.3) is 0 Å². The van der Waals surface area contributed by atoms with Crippen LogP contribution in [0.5, 0.6) is 0 Å². The Bertz CT molecular complexity index is 307. The van der Waals surface area contributed by atoms with Gasteiger partial charge in [0, 0.05) is 26.2 Å². The first kappa shape index (κ1) is 18.2. The molecule has 1 fully saturated rings. The number of rotatable bonds is 6. The van der Waals surface area contributed by atoms with E-state index in [-0.39, 0.29) is 6.09 Å². The molecule has 0 radical (unpaired) electrons. The smallest absolute Gasteiger partial charge is 0.410 e. The quantitative estimate of drug-likeness (QED) is 0.765. The minimum Gasteiger partial charge on any atom is -0.444 e. The van der Waals surface area contributed by atoms with Crippen LogP contribution in [0.3, 0.4) is 0 Å². The highest BCUT2D eigenvalue weighted by Gasteiger charge is 2.28. The molecule has 1 aliphatic heterocycles. The molecule has 0 saturated carbocycles. The number of carbonyl (C=O) groups is 1. The van der Waals surface area contributed by atoms with Crippen molar-refractivity contribution in [3.8, 4) is 0 Å². The van der Waals surface area contributed by atoms with Gasteiger partial charge in [-0.05, 0) is 59.5 Å². The van der Waals surface area contributed by atoms with Crippen molar-refractivity contribution < 1.29 is 9.53 Å². The van der Waals surface area contributed by atoms with Gasteiger partial charge in [0.1, 0.15) is 5.60 Å². The summed E-state index contributed by atoms with van der Waals surface area (Å²) in [4.78, 5) is 16.3. The Morgan fingerprint density at radius 3 is 2.38 bits per heavy atom. The Hall–Kier alpha value is -0.810. The van der Waals surface area contributed by atoms with E-state index in [2.05, 4.69) is 4.90 Å². The predicted octanol–water partition coefficient (Wildman–Crippen LogP) is 2.45. The maximum atomic E-state index is 12.1. The van der Waals surface area contributed by atoms with E-state index in [0.29, 0.717) is 6.04 Å². The van der Waals surface area contributed by atoms with Crippen LogP contribution >= 0.6 is 0 Å². The van der Waals surface area contributed by atoms with E-state index in [0.717, 1.165) is 45.4 Å². The Balaban J connectivity index is 2.27. The summed E-state index contributed by atoms with van der Waals surface area (Å²) < 4.78 is 5.43. The molecule has 0 bridgehead atoms. The topological polar surface area (TPSA) is 58.8 Å². The van der Waals surface area contributed by atoms with E-state index in [1.54, 1.807) is 4.90 Å². The molecule has 1 amide bonds. The maximum absolute atomic E-state index is 12.1. The van der Waals surface area contributed by atoms with Gasteiger partial charge in [-0.1, -0.05) is 6.42 Å². The van der Waals surface area contributed by atoms with E-state index in [4.69, 9.17) is 10.5 Å². The van der Waals surface area contributed by atoms with Gasteiger partial charge in [-0.25, -0.2) is 4.79 Å². The average molecular weight is 299 g/mol. The summed E-state index contributed by atoms with van der Waals surface area (Å²) in [5.41, 5.74) is 5.09. The number of likely N-dealkylation sites (tertiary alicyclic amines) is 1. The number of ether oxygens (including phenoxy) is 1. The van der Waals surface area contributed by atoms with Crippen LogP contribution in [0.2, 0.25) is 0 Å². The van der Waals surface area contributed by atoms with Crippen LogP contribution in [0, 0.1) is 0 Å². The summed E-state index contributed by atoms with van der Waals surface area (Å²) in [5.74, 6) is 0. The first-order valence-electron chi connectivity index (χ1n) is 8.21. The van der Waals surface area contributed by atoms with Gasteiger partial charge in [0.2, 0.25) is 0 Å². The minimum absolute atomic E-state index is 0.205. The number of nitrogens with two attached hydrogens (primary N) is 1. The second-order valence-electron chi connectivity index (χ2n) is 7.01. The van der Waals surface area contributed by atoms with Crippen LogP contribution in [-0.4, -0.2) is 60.8 Å². The molecule has 0 aliphatic carbocycles. The van der Waals surface area contributed by atoms with Crippen molar-refractivity contribution in [3.05, 3.63) is 0 Å². The molecule has 124 valence electrons. The molecular weight excluding hydrogens is 266 g/mol. The third kappa shape index (κ3) is 7.14. The van der Waals surface area contributed by atoms with Crippen LogP contribution in [0.15, 0.2) is 0 Å². The summed E-state index contributed by atoms with van der Waals surface area (Å²) >= 11 is 0. The van der Waals surface area contributed by atoms with Crippen LogP contribution in [0.4, 0.5) is 4.79 Å².